The lowest BCUT2D eigenvalue weighted by Gasteiger charge is -2.15. The molecule has 0 aromatic rings. The predicted molar refractivity (Wildman–Crippen MR) is 51.6 cm³/mol. The van der Waals surface area contributed by atoms with Gasteiger partial charge in [0.05, 0.1) is 12.7 Å². The predicted octanol–water partition coefficient (Wildman–Crippen LogP) is -0.414. The van der Waals surface area contributed by atoms with Crippen molar-refractivity contribution >= 4 is 0 Å². The zero-order valence-corrected chi connectivity index (χ0v) is 8.29. The highest BCUT2D eigenvalue weighted by atomic mass is 16.5. The lowest BCUT2D eigenvalue weighted by molar-refractivity contribution is 0.107. The maximum atomic E-state index is 5.49. The second kappa shape index (κ2) is 6.32. The maximum Gasteiger partial charge on any atom is 0.0817 e. The Balaban J connectivity index is 1.98. The van der Waals surface area contributed by atoms with Gasteiger partial charge in [0.25, 0.3) is 0 Å². The van der Waals surface area contributed by atoms with Crippen LogP contribution in [-0.2, 0) is 9.47 Å². The minimum Gasteiger partial charge on any atom is -0.381 e. The first kappa shape index (κ1) is 10.9. The molecule has 0 aliphatic carbocycles. The van der Waals surface area contributed by atoms with E-state index in [9.17, 15) is 0 Å². The van der Waals surface area contributed by atoms with Crippen LogP contribution in [0.2, 0.25) is 0 Å². The highest BCUT2D eigenvalue weighted by Crippen LogP contribution is 2.10. The summed E-state index contributed by atoms with van der Waals surface area (Å²) >= 11 is 0. The molecule has 0 radical (unpaired) electrons. The summed E-state index contributed by atoms with van der Waals surface area (Å²) in [7, 11) is 1.69. The average molecular weight is 188 g/mol. The molecular formula is C9H20N2O2. The molecular weight excluding hydrogens is 168 g/mol. The Morgan fingerprint density at radius 1 is 1.69 bits per heavy atom. The molecule has 1 aliphatic heterocycles. The van der Waals surface area contributed by atoms with Crippen LogP contribution in [0.25, 0.3) is 0 Å². The van der Waals surface area contributed by atoms with Gasteiger partial charge in [0.15, 0.2) is 0 Å². The van der Waals surface area contributed by atoms with Crippen molar-refractivity contribution in [3.8, 4) is 0 Å². The average Bonchev–Trinajstić information content (AvgIpc) is 2.65. The molecule has 1 fully saturated rings. The van der Waals surface area contributed by atoms with Gasteiger partial charge in [-0.05, 0) is 12.3 Å². The Labute approximate surface area is 79.8 Å². The standard InChI is InChI=1S/C9H20N2O2/c1-12-9(4-10)6-11-5-8-2-3-13-7-8/h8-9,11H,2-7,10H2,1H3. The van der Waals surface area contributed by atoms with Crippen LogP contribution in [0.15, 0.2) is 0 Å². The van der Waals surface area contributed by atoms with Crippen LogP contribution in [-0.4, -0.2) is 46.1 Å². The smallest absolute Gasteiger partial charge is 0.0817 e. The van der Waals surface area contributed by atoms with Crippen molar-refractivity contribution in [1.82, 2.24) is 5.32 Å². The number of nitrogens with one attached hydrogen (secondary N) is 1. The van der Waals surface area contributed by atoms with Crippen molar-refractivity contribution in [2.45, 2.75) is 12.5 Å². The highest BCUT2D eigenvalue weighted by molar-refractivity contribution is 4.69. The van der Waals surface area contributed by atoms with Crippen molar-refractivity contribution in [2.75, 3.05) is 40.0 Å². The molecule has 0 bridgehead atoms. The van der Waals surface area contributed by atoms with Crippen molar-refractivity contribution in [3.05, 3.63) is 0 Å². The number of ether oxygens (including phenoxy) is 2. The quantitative estimate of drug-likeness (QED) is 0.595. The Kier molecular flexibility index (Phi) is 5.31. The molecule has 1 aliphatic rings. The molecule has 4 heteroatoms. The molecule has 0 saturated carbocycles. The Hall–Kier alpha value is -0.160. The van der Waals surface area contributed by atoms with Gasteiger partial charge in [-0.15, -0.1) is 0 Å². The Morgan fingerprint density at radius 3 is 3.08 bits per heavy atom. The molecule has 0 aromatic carbocycles. The largest absolute Gasteiger partial charge is 0.381 e. The monoisotopic (exact) mass is 188 g/mol. The van der Waals surface area contributed by atoms with E-state index in [0.29, 0.717) is 12.5 Å². The first-order valence-electron chi connectivity index (χ1n) is 4.88. The Morgan fingerprint density at radius 2 is 2.54 bits per heavy atom. The molecule has 78 valence electrons. The lowest BCUT2D eigenvalue weighted by atomic mass is 10.1. The van der Waals surface area contributed by atoms with E-state index < -0.39 is 0 Å². The van der Waals surface area contributed by atoms with Crippen molar-refractivity contribution in [2.24, 2.45) is 11.7 Å². The lowest BCUT2D eigenvalue weighted by Crippen LogP contribution is -2.36. The van der Waals surface area contributed by atoms with Crippen LogP contribution in [0.1, 0.15) is 6.42 Å². The van der Waals surface area contributed by atoms with E-state index in [1.54, 1.807) is 7.11 Å². The van der Waals surface area contributed by atoms with Gasteiger partial charge in [-0.3, -0.25) is 0 Å². The van der Waals surface area contributed by atoms with Gasteiger partial charge in [-0.25, -0.2) is 0 Å². The second-order valence-corrected chi connectivity index (χ2v) is 3.48. The van der Waals surface area contributed by atoms with Crippen molar-refractivity contribution in [1.29, 1.82) is 0 Å². The van der Waals surface area contributed by atoms with Crippen LogP contribution in [0.3, 0.4) is 0 Å². The first-order chi connectivity index (χ1) is 6.36. The maximum absolute atomic E-state index is 5.49. The van der Waals surface area contributed by atoms with Gasteiger partial charge in [0, 0.05) is 33.4 Å². The van der Waals surface area contributed by atoms with E-state index >= 15 is 0 Å². The molecule has 4 nitrogen and oxygen atoms in total. The topological polar surface area (TPSA) is 56.5 Å². The van der Waals surface area contributed by atoms with Gasteiger partial charge in [-0.1, -0.05) is 0 Å². The number of hydrogen-bond donors (Lipinski definition) is 2. The molecule has 3 N–H and O–H groups in total. The number of hydrogen-bond acceptors (Lipinski definition) is 4. The molecule has 1 saturated heterocycles. The summed E-state index contributed by atoms with van der Waals surface area (Å²) in [6.45, 7) is 4.23. The fraction of sp³-hybridized carbons (Fsp3) is 1.00. The molecule has 0 amide bonds. The molecule has 0 aromatic heterocycles. The normalized spacial score (nSPS) is 24.9. The first-order valence-corrected chi connectivity index (χ1v) is 4.88. The van der Waals surface area contributed by atoms with E-state index in [1.807, 2.05) is 0 Å². The molecule has 13 heavy (non-hydrogen) atoms. The van der Waals surface area contributed by atoms with Crippen LogP contribution in [0, 0.1) is 5.92 Å². The molecule has 2 unspecified atom stereocenters. The number of nitrogens with two attached hydrogens (primary N) is 1. The van der Waals surface area contributed by atoms with E-state index in [0.717, 1.165) is 26.3 Å². The van der Waals surface area contributed by atoms with Gasteiger partial charge >= 0.3 is 0 Å². The third-order valence-corrected chi connectivity index (χ3v) is 2.43. The van der Waals surface area contributed by atoms with Crippen LogP contribution in [0.5, 0.6) is 0 Å². The van der Waals surface area contributed by atoms with Gasteiger partial charge in [0.1, 0.15) is 0 Å². The van der Waals surface area contributed by atoms with Gasteiger partial charge < -0.3 is 20.5 Å². The summed E-state index contributed by atoms with van der Waals surface area (Å²) in [6.07, 6.45) is 1.31. The van der Waals surface area contributed by atoms with Crippen molar-refractivity contribution in [3.63, 3.8) is 0 Å². The zero-order valence-electron chi connectivity index (χ0n) is 8.29. The number of methoxy groups -OCH3 is 1. The molecule has 0 spiro atoms. The second-order valence-electron chi connectivity index (χ2n) is 3.48. The fourth-order valence-electron chi connectivity index (χ4n) is 1.46. The third-order valence-electron chi connectivity index (χ3n) is 2.43. The van der Waals surface area contributed by atoms with Crippen LogP contribution in [0.4, 0.5) is 0 Å². The summed E-state index contributed by atoms with van der Waals surface area (Å²) in [4.78, 5) is 0. The van der Waals surface area contributed by atoms with Crippen LogP contribution >= 0.6 is 0 Å². The minimum absolute atomic E-state index is 0.141. The minimum atomic E-state index is 0.141. The third kappa shape index (κ3) is 4.04. The summed E-state index contributed by atoms with van der Waals surface area (Å²) in [5, 5.41) is 3.34. The Bertz CT molecular complexity index is 121. The molecule has 2 atom stereocenters. The SMILES string of the molecule is COC(CN)CNCC1CCOC1. The fourth-order valence-corrected chi connectivity index (χ4v) is 1.46. The molecule has 1 rings (SSSR count). The van der Waals surface area contributed by atoms with E-state index in [2.05, 4.69) is 5.32 Å². The summed E-state index contributed by atoms with van der Waals surface area (Å²) in [6, 6.07) is 0. The molecule has 1 heterocycles. The summed E-state index contributed by atoms with van der Waals surface area (Å²) in [5.41, 5.74) is 5.49. The van der Waals surface area contributed by atoms with Crippen LogP contribution < -0.4 is 11.1 Å². The highest BCUT2D eigenvalue weighted by Gasteiger charge is 2.15. The summed E-state index contributed by atoms with van der Waals surface area (Å²) < 4.78 is 10.4. The van der Waals surface area contributed by atoms with E-state index in [-0.39, 0.29) is 6.10 Å². The van der Waals surface area contributed by atoms with Crippen molar-refractivity contribution < 1.29 is 9.47 Å². The van der Waals surface area contributed by atoms with Gasteiger partial charge in [0.2, 0.25) is 0 Å². The van der Waals surface area contributed by atoms with E-state index in [1.165, 1.54) is 6.42 Å². The zero-order chi connectivity index (χ0) is 9.52. The van der Waals surface area contributed by atoms with Gasteiger partial charge in [-0.2, -0.15) is 0 Å². The summed E-state index contributed by atoms with van der Waals surface area (Å²) in [5.74, 6) is 0.676. The number of rotatable bonds is 6. The van der Waals surface area contributed by atoms with E-state index in [4.69, 9.17) is 15.2 Å².